The number of para-hydroxylation sites is 1. The summed E-state index contributed by atoms with van der Waals surface area (Å²) in [7, 11) is -3.76. The molecule has 10 heteroatoms. The smallest absolute Gasteiger partial charge is 0.259 e. The minimum atomic E-state index is -3.76. The molecule has 1 amide bonds. The van der Waals surface area contributed by atoms with Crippen LogP contribution in [-0.4, -0.2) is 25.4 Å². The van der Waals surface area contributed by atoms with Crippen molar-refractivity contribution in [1.29, 1.82) is 0 Å². The molecule has 0 fully saturated rings. The Balaban J connectivity index is 1.57. The second-order valence-electron chi connectivity index (χ2n) is 7.06. The Morgan fingerprint density at radius 1 is 1.16 bits per heavy atom. The number of thiazole rings is 1. The highest BCUT2D eigenvalue weighted by Gasteiger charge is 2.20. The lowest BCUT2D eigenvalue weighted by Gasteiger charge is -2.11. The van der Waals surface area contributed by atoms with Crippen LogP contribution >= 0.6 is 22.9 Å². The Morgan fingerprint density at radius 3 is 2.68 bits per heavy atom. The lowest BCUT2D eigenvalue weighted by molar-refractivity contribution is 0.102. The van der Waals surface area contributed by atoms with Crippen LogP contribution in [0.15, 0.2) is 63.2 Å². The van der Waals surface area contributed by atoms with Gasteiger partial charge in [0, 0.05) is 16.8 Å². The van der Waals surface area contributed by atoms with Gasteiger partial charge >= 0.3 is 0 Å². The SMILES string of the molecule is CC(C)NS(=O)(=O)c1ccc(Cl)c(C(=O)Nc2nc(-c3cc4ccccc4o3)cs2)c1. The van der Waals surface area contributed by atoms with Crippen LogP contribution in [0.1, 0.15) is 24.2 Å². The second-order valence-corrected chi connectivity index (χ2v) is 10.0. The van der Waals surface area contributed by atoms with Crippen LogP contribution in [0.5, 0.6) is 0 Å². The number of anilines is 1. The van der Waals surface area contributed by atoms with E-state index in [1.54, 1.807) is 19.2 Å². The summed E-state index contributed by atoms with van der Waals surface area (Å²) < 4.78 is 33.1. The van der Waals surface area contributed by atoms with Gasteiger partial charge < -0.3 is 4.42 Å². The molecule has 0 bridgehead atoms. The third-order valence-corrected chi connectivity index (χ3v) is 7.03. The van der Waals surface area contributed by atoms with E-state index in [-0.39, 0.29) is 21.5 Å². The number of hydrogen-bond acceptors (Lipinski definition) is 6. The number of halogens is 1. The zero-order valence-electron chi connectivity index (χ0n) is 16.5. The fourth-order valence-corrected chi connectivity index (χ4v) is 5.12. The van der Waals surface area contributed by atoms with Gasteiger partial charge in [0.25, 0.3) is 5.91 Å². The number of furan rings is 1. The molecule has 0 saturated carbocycles. The molecule has 2 heterocycles. The third kappa shape index (κ3) is 4.64. The molecular weight excluding hydrogens is 458 g/mol. The Labute approximate surface area is 188 Å². The molecule has 0 atom stereocenters. The maximum Gasteiger partial charge on any atom is 0.259 e. The van der Waals surface area contributed by atoms with E-state index in [4.69, 9.17) is 16.0 Å². The maximum absolute atomic E-state index is 12.8. The Morgan fingerprint density at radius 2 is 1.94 bits per heavy atom. The van der Waals surface area contributed by atoms with E-state index >= 15 is 0 Å². The van der Waals surface area contributed by atoms with Crippen LogP contribution in [-0.2, 0) is 10.0 Å². The number of fused-ring (bicyclic) bond motifs is 1. The summed E-state index contributed by atoms with van der Waals surface area (Å²) in [6, 6.07) is 13.2. The number of carbonyl (C=O) groups is 1. The minimum Gasteiger partial charge on any atom is -0.454 e. The highest BCUT2D eigenvalue weighted by atomic mass is 35.5. The van der Waals surface area contributed by atoms with Gasteiger partial charge in [-0.05, 0) is 44.2 Å². The predicted molar refractivity (Wildman–Crippen MR) is 122 cm³/mol. The van der Waals surface area contributed by atoms with Crippen molar-refractivity contribution in [2.75, 3.05) is 5.32 Å². The number of nitrogens with zero attached hydrogens (tertiary/aromatic N) is 1. The topological polar surface area (TPSA) is 101 Å². The first kappa shape index (κ1) is 21.5. The Kier molecular flexibility index (Phi) is 5.85. The summed E-state index contributed by atoms with van der Waals surface area (Å²) in [5, 5.41) is 5.86. The number of nitrogens with one attached hydrogen (secondary N) is 2. The lowest BCUT2D eigenvalue weighted by Crippen LogP contribution is -2.30. The fourth-order valence-electron chi connectivity index (χ4n) is 2.94. The van der Waals surface area contributed by atoms with E-state index in [1.807, 2.05) is 30.3 Å². The number of amides is 1. The quantitative estimate of drug-likeness (QED) is 0.401. The summed E-state index contributed by atoms with van der Waals surface area (Å²) in [5.41, 5.74) is 1.37. The number of carbonyl (C=O) groups excluding carboxylic acids is 1. The van der Waals surface area contributed by atoms with E-state index in [2.05, 4.69) is 15.0 Å². The highest BCUT2D eigenvalue weighted by Crippen LogP contribution is 2.30. The molecule has 0 radical (unpaired) electrons. The summed E-state index contributed by atoms with van der Waals surface area (Å²) in [6.45, 7) is 3.42. The van der Waals surface area contributed by atoms with E-state index in [0.717, 1.165) is 11.0 Å². The molecular formula is C21H18ClN3O4S2. The van der Waals surface area contributed by atoms with Crippen molar-refractivity contribution < 1.29 is 17.6 Å². The van der Waals surface area contributed by atoms with E-state index in [0.29, 0.717) is 16.6 Å². The van der Waals surface area contributed by atoms with Gasteiger partial charge in [-0.2, -0.15) is 0 Å². The summed E-state index contributed by atoms with van der Waals surface area (Å²) in [4.78, 5) is 17.1. The lowest BCUT2D eigenvalue weighted by atomic mass is 10.2. The first-order chi connectivity index (χ1) is 14.7. The van der Waals surface area contributed by atoms with Gasteiger partial charge in [0.05, 0.1) is 15.5 Å². The van der Waals surface area contributed by atoms with Gasteiger partial charge in [0.15, 0.2) is 10.9 Å². The summed E-state index contributed by atoms with van der Waals surface area (Å²) in [6.07, 6.45) is 0. The normalized spacial score (nSPS) is 11.9. The molecule has 0 saturated heterocycles. The van der Waals surface area contributed by atoms with Crippen LogP contribution in [0, 0.1) is 0 Å². The largest absolute Gasteiger partial charge is 0.454 e. The van der Waals surface area contributed by atoms with Crippen molar-refractivity contribution in [1.82, 2.24) is 9.71 Å². The molecule has 31 heavy (non-hydrogen) atoms. The molecule has 7 nitrogen and oxygen atoms in total. The first-order valence-electron chi connectivity index (χ1n) is 9.30. The molecule has 0 spiro atoms. The van der Waals surface area contributed by atoms with Gasteiger partial charge in [-0.15, -0.1) is 11.3 Å². The molecule has 0 aliphatic heterocycles. The average molecular weight is 476 g/mol. The van der Waals surface area contributed by atoms with Crippen LogP contribution in [0.3, 0.4) is 0 Å². The standard InChI is InChI=1S/C21H18ClN3O4S2/c1-12(2)25-31(27,28)14-7-8-16(22)15(10-14)20(26)24-21-23-17(11-30-21)19-9-13-5-3-4-6-18(13)29-19/h3-12,25H,1-2H3,(H,23,24,26). The number of benzene rings is 2. The van der Waals surface area contributed by atoms with Crippen LogP contribution in [0.25, 0.3) is 22.4 Å². The third-order valence-electron chi connectivity index (χ3n) is 4.29. The van der Waals surface area contributed by atoms with Crippen LogP contribution in [0.4, 0.5) is 5.13 Å². The Bertz CT molecular complexity index is 1340. The second kappa shape index (κ2) is 8.43. The molecule has 0 unspecified atom stereocenters. The predicted octanol–water partition coefficient (Wildman–Crippen LogP) is 5.15. The van der Waals surface area contributed by atoms with E-state index in [1.165, 1.54) is 29.5 Å². The van der Waals surface area contributed by atoms with E-state index < -0.39 is 15.9 Å². The number of hydrogen-bond donors (Lipinski definition) is 2. The van der Waals surface area contributed by atoms with Crippen molar-refractivity contribution in [2.45, 2.75) is 24.8 Å². The van der Waals surface area contributed by atoms with Gasteiger partial charge in [-0.25, -0.2) is 18.1 Å². The fraction of sp³-hybridized carbons (Fsp3) is 0.143. The number of rotatable bonds is 6. The first-order valence-corrected chi connectivity index (χ1v) is 12.0. The summed E-state index contributed by atoms with van der Waals surface area (Å²) in [5.74, 6) is 0.0286. The number of aromatic nitrogens is 1. The molecule has 2 aromatic carbocycles. The van der Waals surface area contributed by atoms with Crippen molar-refractivity contribution in [3.05, 3.63) is 64.5 Å². The molecule has 4 rings (SSSR count). The van der Waals surface area contributed by atoms with Crippen molar-refractivity contribution in [2.24, 2.45) is 0 Å². The van der Waals surface area contributed by atoms with E-state index in [9.17, 15) is 13.2 Å². The Hall–Kier alpha value is -2.72. The number of sulfonamides is 1. The van der Waals surface area contributed by atoms with Crippen molar-refractivity contribution in [3.8, 4) is 11.5 Å². The molecule has 4 aromatic rings. The molecule has 2 aromatic heterocycles. The van der Waals surface area contributed by atoms with Gasteiger partial charge in [0.1, 0.15) is 11.3 Å². The molecule has 0 aliphatic carbocycles. The van der Waals surface area contributed by atoms with Crippen molar-refractivity contribution in [3.63, 3.8) is 0 Å². The van der Waals surface area contributed by atoms with Crippen LogP contribution in [0.2, 0.25) is 5.02 Å². The van der Waals surface area contributed by atoms with Gasteiger partial charge in [-0.3, -0.25) is 10.1 Å². The monoisotopic (exact) mass is 475 g/mol. The van der Waals surface area contributed by atoms with Crippen LogP contribution < -0.4 is 10.0 Å². The average Bonchev–Trinajstić information content (AvgIpc) is 3.33. The summed E-state index contributed by atoms with van der Waals surface area (Å²) >= 11 is 7.38. The minimum absolute atomic E-state index is 0.0359. The molecule has 0 aliphatic rings. The zero-order valence-corrected chi connectivity index (χ0v) is 18.9. The van der Waals surface area contributed by atoms with Crippen molar-refractivity contribution >= 4 is 55.0 Å². The van der Waals surface area contributed by atoms with Gasteiger partial charge in [-0.1, -0.05) is 29.8 Å². The highest BCUT2D eigenvalue weighted by molar-refractivity contribution is 7.89. The van der Waals surface area contributed by atoms with Gasteiger partial charge in [0.2, 0.25) is 10.0 Å². The zero-order chi connectivity index (χ0) is 22.2. The molecule has 2 N–H and O–H groups in total. The maximum atomic E-state index is 12.8. The molecule has 160 valence electrons.